The molecule has 1 amide bonds. The molecule has 5 nitrogen and oxygen atoms in total. The van der Waals surface area contributed by atoms with Crippen LogP contribution in [-0.4, -0.2) is 15.9 Å². The van der Waals surface area contributed by atoms with Gasteiger partial charge < -0.3 is 10.6 Å². The number of rotatable bonds is 5. The van der Waals surface area contributed by atoms with E-state index in [-0.39, 0.29) is 11.7 Å². The molecule has 0 spiro atoms. The summed E-state index contributed by atoms with van der Waals surface area (Å²) >= 11 is 0. The summed E-state index contributed by atoms with van der Waals surface area (Å²) in [4.78, 5) is 21.0. The Bertz CT molecular complexity index is 1190. The van der Waals surface area contributed by atoms with Gasteiger partial charge in [0.2, 0.25) is 0 Å². The van der Waals surface area contributed by atoms with E-state index in [4.69, 9.17) is 0 Å². The molecule has 6 heteroatoms. The third kappa shape index (κ3) is 4.67. The van der Waals surface area contributed by atoms with Gasteiger partial charge in [-0.1, -0.05) is 35.9 Å². The molecule has 3 aromatic carbocycles. The van der Waals surface area contributed by atoms with Crippen molar-refractivity contribution in [1.29, 1.82) is 0 Å². The van der Waals surface area contributed by atoms with Crippen LogP contribution in [-0.2, 0) is 0 Å². The minimum Gasteiger partial charge on any atom is -0.340 e. The van der Waals surface area contributed by atoms with Gasteiger partial charge in [-0.05, 0) is 49.4 Å². The number of anilines is 3. The fraction of sp³-hybridized carbons (Fsp3) is 0.0417. The van der Waals surface area contributed by atoms with E-state index in [9.17, 15) is 9.18 Å². The van der Waals surface area contributed by atoms with Gasteiger partial charge in [-0.2, -0.15) is 0 Å². The molecule has 0 saturated carbocycles. The first-order valence-electron chi connectivity index (χ1n) is 9.40. The lowest BCUT2D eigenvalue weighted by Crippen LogP contribution is -2.12. The number of nitrogens with zero attached hydrogens (tertiary/aromatic N) is 2. The Morgan fingerprint density at radius 1 is 0.867 bits per heavy atom. The highest BCUT2D eigenvalue weighted by Gasteiger charge is 2.08. The topological polar surface area (TPSA) is 66.9 Å². The number of hydrogen-bond acceptors (Lipinski definition) is 4. The average molecular weight is 398 g/mol. The largest absolute Gasteiger partial charge is 0.340 e. The third-order valence-electron chi connectivity index (χ3n) is 4.49. The van der Waals surface area contributed by atoms with Crippen LogP contribution in [0.25, 0.3) is 11.3 Å². The molecule has 0 fully saturated rings. The van der Waals surface area contributed by atoms with Crippen molar-refractivity contribution in [3.05, 3.63) is 102 Å². The number of hydrogen-bond donors (Lipinski definition) is 2. The average Bonchev–Trinajstić information content (AvgIpc) is 2.76. The van der Waals surface area contributed by atoms with E-state index >= 15 is 0 Å². The van der Waals surface area contributed by atoms with Crippen LogP contribution in [0.1, 0.15) is 15.9 Å². The molecule has 0 aliphatic heterocycles. The van der Waals surface area contributed by atoms with E-state index in [1.165, 1.54) is 18.5 Å². The van der Waals surface area contributed by atoms with Crippen LogP contribution in [0.4, 0.5) is 21.6 Å². The summed E-state index contributed by atoms with van der Waals surface area (Å²) in [6, 6.07) is 22.7. The lowest BCUT2D eigenvalue weighted by atomic mass is 10.1. The quantitative estimate of drug-likeness (QED) is 0.460. The van der Waals surface area contributed by atoms with E-state index in [0.717, 1.165) is 11.3 Å². The molecule has 4 rings (SSSR count). The Morgan fingerprint density at radius 3 is 2.47 bits per heavy atom. The van der Waals surface area contributed by atoms with Crippen LogP contribution in [0.2, 0.25) is 0 Å². The van der Waals surface area contributed by atoms with Gasteiger partial charge in [0.05, 0.1) is 5.69 Å². The van der Waals surface area contributed by atoms with Crippen LogP contribution in [0, 0.1) is 12.7 Å². The lowest BCUT2D eigenvalue weighted by molar-refractivity contribution is 0.102. The molecule has 0 aliphatic carbocycles. The number of amides is 1. The lowest BCUT2D eigenvalue weighted by Gasteiger charge is -2.10. The van der Waals surface area contributed by atoms with Crippen LogP contribution < -0.4 is 10.6 Å². The number of aryl methyl sites for hydroxylation is 1. The van der Waals surface area contributed by atoms with Crippen LogP contribution in [0.15, 0.2) is 85.2 Å². The van der Waals surface area contributed by atoms with E-state index in [2.05, 4.69) is 20.6 Å². The van der Waals surface area contributed by atoms with Gasteiger partial charge >= 0.3 is 0 Å². The molecule has 30 heavy (non-hydrogen) atoms. The zero-order valence-electron chi connectivity index (χ0n) is 16.3. The van der Waals surface area contributed by atoms with Crippen molar-refractivity contribution in [2.24, 2.45) is 0 Å². The summed E-state index contributed by atoms with van der Waals surface area (Å²) in [6.45, 7) is 1.99. The van der Waals surface area contributed by atoms with Gasteiger partial charge in [-0.3, -0.25) is 4.79 Å². The van der Waals surface area contributed by atoms with Gasteiger partial charge in [0.25, 0.3) is 5.91 Å². The van der Waals surface area contributed by atoms with Crippen LogP contribution in [0.5, 0.6) is 0 Å². The zero-order chi connectivity index (χ0) is 20.9. The summed E-state index contributed by atoms with van der Waals surface area (Å²) in [5, 5.41) is 6.05. The van der Waals surface area contributed by atoms with Crippen molar-refractivity contribution in [2.45, 2.75) is 6.92 Å². The number of nitrogens with one attached hydrogen (secondary N) is 2. The van der Waals surface area contributed by atoms with E-state index in [1.54, 1.807) is 36.4 Å². The standard InChI is InChI=1S/C24H19FN4O/c1-16-8-10-20(11-9-16)29-24(30)18-5-3-7-21(13-18)28-23-14-22(26-15-27-23)17-4-2-6-19(25)12-17/h2-15H,1H3,(H,29,30)(H,26,27,28). The smallest absolute Gasteiger partial charge is 0.255 e. The Balaban J connectivity index is 1.51. The minimum absolute atomic E-state index is 0.203. The second kappa shape index (κ2) is 8.53. The SMILES string of the molecule is Cc1ccc(NC(=O)c2cccc(Nc3cc(-c4cccc(F)c4)ncn3)c2)cc1. The van der Waals surface area contributed by atoms with Crippen LogP contribution in [0.3, 0.4) is 0 Å². The maximum Gasteiger partial charge on any atom is 0.255 e. The first-order chi connectivity index (χ1) is 14.6. The van der Waals surface area contributed by atoms with E-state index in [1.807, 2.05) is 37.3 Å². The molecule has 0 saturated heterocycles. The summed E-state index contributed by atoms with van der Waals surface area (Å²) in [5.41, 5.74) is 4.34. The highest BCUT2D eigenvalue weighted by atomic mass is 19.1. The summed E-state index contributed by atoms with van der Waals surface area (Å²) < 4.78 is 13.5. The molecule has 2 N–H and O–H groups in total. The Kier molecular flexibility index (Phi) is 5.48. The second-order valence-electron chi connectivity index (χ2n) is 6.82. The van der Waals surface area contributed by atoms with Crippen molar-refractivity contribution < 1.29 is 9.18 Å². The molecule has 1 heterocycles. The van der Waals surface area contributed by atoms with Crippen molar-refractivity contribution in [3.63, 3.8) is 0 Å². The number of carbonyl (C=O) groups is 1. The molecular formula is C24H19FN4O. The van der Waals surface area contributed by atoms with Crippen molar-refractivity contribution in [2.75, 3.05) is 10.6 Å². The van der Waals surface area contributed by atoms with Gasteiger partial charge in [-0.15, -0.1) is 0 Å². The third-order valence-corrected chi connectivity index (χ3v) is 4.49. The maximum atomic E-state index is 13.5. The maximum absolute atomic E-state index is 13.5. The minimum atomic E-state index is -0.326. The van der Waals surface area contributed by atoms with Gasteiger partial charge in [-0.25, -0.2) is 14.4 Å². The van der Waals surface area contributed by atoms with Gasteiger partial charge in [0, 0.05) is 28.6 Å². The first-order valence-corrected chi connectivity index (χ1v) is 9.40. The molecule has 148 valence electrons. The molecule has 4 aromatic rings. The molecule has 0 atom stereocenters. The molecular weight excluding hydrogens is 379 g/mol. The molecule has 0 unspecified atom stereocenters. The van der Waals surface area contributed by atoms with E-state index < -0.39 is 0 Å². The van der Waals surface area contributed by atoms with Gasteiger partial charge in [0.1, 0.15) is 18.0 Å². The van der Waals surface area contributed by atoms with E-state index in [0.29, 0.717) is 28.3 Å². The number of benzene rings is 3. The number of carbonyl (C=O) groups excluding carboxylic acids is 1. The summed E-state index contributed by atoms with van der Waals surface area (Å²) in [6.07, 6.45) is 1.41. The fourth-order valence-corrected chi connectivity index (χ4v) is 2.96. The summed E-state index contributed by atoms with van der Waals surface area (Å²) in [5.74, 6) is 0.0129. The number of halogens is 1. The molecule has 0 radical (unpaired) electrons. The van der Waals surface area contributed by atoms with Crippen molar-refractivity contribution in [3.8, 4) is 11.3 Å². The monoisotopic (exact) mass is 398 g/mol. The van der Waals surface area contributed by atoms with Crippen LogP contribution >= 0.6 is 0 Å². The first kappa shape index (κ1) is 19.3. The Hall–Kier alpha value is -4.06. The second-order valence-corrected chi connectivity index (χ2v) is 6.82. The van der Waals surface area contributed by atoms with Crippen molar-refractivity contribution >= 4 is 23.1 Å². The Labute approximate surface area is 173 Å². The highest BCUT2D eigenvalue weighted by molar-refractivity contribution is 6.04. The normalized spacial score (nSPS) is 10.5. The van der Waals surface area contributed by atoms with Gasteiger partial charge in [0.15, 0.2) is 0 Å². The fourth-order valence-electron chi connectivity index (χ4n) is 2.96. The Morgan fingerprint density at radius 2 is 1.67 bits per heavy atom. The predicted octanol–water partition coefficient (Wildman–Crippen LogP) is 5.59. The van der Waals surface area contributed by atoms with Crippen molar-refractivity contribution in [1.82, 2.24) is 9.97 Å². The molecule has 0 bridgehead atoms. The molecule has 0 aliphatic rings. The number of aromatic nitrogens is 2. The summed E-state index contributed by atoms with van der Waals surface area (Å²) in [7, 11) is 0. The predicted molar refractivity (Wildman–Crippen MR) is 116 cm³/mol. The highest BCUT2D eigenvalue weighted by Crippen LogP contribution is 2.22. The zero-order valence-corrected chi connectivity index (χ0v) is 16.3. The molecule has 1 aromatic heterocycles.